The molecule has 122 valence electrons. The topological polar surface area (TPSA) is 46.1 Å². The Hall–Kier alpha value is -2.21. The van der Waals surface area contributed by atoms with Gasteiger partial charge in [-0.1, -0.05) is 6.07 Å². The molecule has 1 fully saturated rings. The molecule has 2 atom stereocenters. The zero-order chi connectivity index (χ0) is 16.4. The summed E-state index contributed by atoms with van der Waals surface area (Å²) in [4.78, 5) is 12.4. The fourth-order valence-corrected chi connectivity index (χ4v) is 3.09. The molecule has 0 radical (unpaired) electrons. The number of aromatic nitrogens is 1. The molecule has 2 heterocycles. The SMILES string of the molecule is Cn1cccc1C(=O)NC1CNCCC1c1ccc(F)c(F)c1. The number of carbonyl (C=O) groups is 1. The smallest absolute Gasteiger partial charge is 0.268 e. The first kappa shape index (κ1) is 15.7. The van der Waals surface area contributed by atoms with Crippen LogP contribution in [0.3, 0.4) is 0 Å². The molecule has 6 heteroatoms. The molecule has 0 aliphatic carbocycles. The summed E-state index contributed by atoms with van der Waals surface area (Å²) in [7, 11) is 1.81. The van der Waals surface area contributed by atoms with E-state index in [0.29, 0.717) is 17.8 Å². The van der Waals surface area contributed by atoms with Gasteiger partial charge in [-0.2, -0.15) is 0 Å². The molecule has 1 aliphatic heterocycles. The van der Waals surface area contributed by atoms with Crippen LogP contribution < -0.4 is 10.6 Å². The summed E-state index contributed by atoms with van der Waals surface area (Å²) >= 11 is 0. The Balaban J connectivity index is 1.80. The van der Waals surface area contributed by atoms with Crippen LogP contribution in [0.2, 0.25) is 0 Å². The number of amides is 1. The summed E-state index contributed by atoms with van der Waals surface area (Å²) in [6, 6.07) is 7.35. The van der Waals surface area contributed by atoms with Gasteiger partial charge in [-0.05, 0) is 42.8 Å². The van der Waals surface area contributed by atoms with Crippen molar-refractivity contribution in [3.05, 3.63) is 59.4 Å². The number of hydrogen-bond acceptors (Lipinski definition) is 2. The number of benzene rings is 1. The summed E-state index contributed by atoms with van der Waals surface area (Å²) in [5, 5.41) is 6.24. The Kier molecular flexibility index (Phi) is 4.43. The average molecular weight is 319 g/mol. The standard InChI is InChI=1S/C17H19F2N3O/c1-22-8-2-3-16(22)17(23)21-15-10-20-7-6-12(15)11-4-5-13(18)14(19)9-11/h2-5,8-9,12,15,20H,6-7,10H2,1H3,(H,21,23). The molecule has 2 unspecified atom stereocenters. The highest BCUT2D eigenvalue weighted by molar-refractivity contribution is 5.93. The molecule has 1 aliphatic rings. The molecule has 4 nitrogen and oxygen atoms in total. The van der Waals surface area contributed by atoms with Crippen molar-refractivity contribution in [1.29, 1.82) is 0 Å². The van der Waals surface area contributed by atoms with Crippen molar-refractivity contribution >= 4 is 5.91 Å². The van der Waals surface area contributed by atoms with Crippen molar-refractivity contribution in [3.63, 3.8) is 0 Å². The van der Waals surface area contributed by atoms with E-state index < -0.39 is 11.6 Å². The first-order chi connectivity index (χ1) is 11.1. The second-order valence-electron chi connectivity index (χ2n) is 5.86. The van der Waals surface area contributed by atoms with Crippen LogP contribution >= 0.6 is 0 Å². The second-order valence-corrected chi connectivity index (χ2v) is 5.86. The lowest BCUT2D eigenvalue weighted by molar-refractivity contribution is 0.0916. The summed E-state index contributed by atoms with van der Waals surface area (Å²) in [5.41, 5.74) is 1.28. The van der Waals surface area contributed by atoms with Crippen LogP contribution in [0, 0.1) is 11.6 Å². The summed E-state index contributed by atoms with van der Waals surface area (Å²) in [6.07, 6.45) is 2.56. The van der Waals surface area contributed by atoms with Crippen molar-refractivity contribution in [1.82, 2.24) is 15.2 Å². The highest BCUT2D eigenvalue weighted by Crippen LogP contribution is 2.27. The minimum Gasteiger partial charge on any atom is -0.347 e. The van der Waals surface area contributed by atoms with E-state index in [1.165, 1.54) is 6.07 Å². The number of halogens is 2. The average Bonchev–Trinajstić information content (AvgIpc) is 2.97. The Morgan fingerprint density at radius 3 is 2.83 bits per heavy atom. The summed E-state index contributed by atoms with van der Waals surface area (Å²) < 4.78 is 28.4. The summed E-state index contributed by atoms with van der Waals surface area (Å²) in [5.74, 6) is -1.92. The molecular formula is C17H19F2N3O. The van der Waals surface area contributed by atoms with Gasteiger partial charge in [0.05, 0.1) is 0 Å². The van der Waals surface area contributed by atoms with E-state index in [4.69, 9.17) is 0 Å². The van der Waals surface area contributed by atoms with Crippen LogP contribution in [0.4, 0.5) is 8.78 Å². The number of carbonyl (C=O) groups excluding carboxylic acids is 1. The number of piperidine rings is 1. The van der Waals surface area contributed by atoms with Crippen LogP contribution in [0.5, 0.6) is 0 Å². The number of hydrogen-bond donors (Lipinski definition) is 2. The van der Waals surface area contributed by atoms with E-state index in [1.807, 2.05) is 0 Å². The maximum absolute atomic E-state index is 13.5. The first-order valence-corrected chi connectivity index (χ1v) is 7.64. The monoisotopic (exact) mass is 319 g/mol. The highest BCUT2D eigenvalue weighted by atomic mass is 19.2. The van der Waals surface area contributed by atoms with Crippen LogP contribution in [-0.2, 0) is 7.05 Å². The van der Waals surface area contributed by atoms with Gasteiger partial charge in [-0.15, -0.1) is 0 Å². The molecule has 1 aromatic carbocycles. The van der Waals surface area contributed by atoms with Crippen molar-refractivity contribution < 1.29 is 13.6 Å². The fourth-order valence-electron chi connectivity index (χ4n) is 3.09. The van der Waals surface area contributed by atoms with Gasteiger partial charge in [0.15, 0.2) is 11.6 Å². The van der Waals surface area contributed by atoms with E-state index in [1.54, 1.807) is 36.0 Å². The third kappa shape index (κ3) is 3.27. The third-order valence-electron chi connectivity index (χ3n) is 4.35. The van der Waals surface area contributed by atoms with Crippen LogP contribution in [0.15, 0.2) is 36.5 Å². The van der Waals surface area contributed by atoms with Gasteiger partial charge in [-0.3, -0.25) is 4.79 Å². The third-order valence-corrected chi connectivity index (χ3v) is 4.35. The largest absolute Gasteiger partial charge is 0.347 e. The predicted molar refractivity (Wildman–Crippen MR) is 83.3 cm³/mol. The molecule has 2 N–H and O–H groups in total. The number of rotatable bonds is 3. The quantitative estimate of drug-likeness (QED) is 0.911. The molecule has 0 bridgehead atoms. The zero-order valence-electron chi connectivity index (χ0n) is 12.9. The fraction of sp³-hybridized carbons (Fsp3) is 0.353. The normalized spacial score (nSPS) is 21.2. The molecule has 1 amide bonds. The minimum atomic E-state index is -0.855. The van der Waals surface area contributed by atoms with Gasteiger partial charge in [-0.25, -0.2) is 8.78 Å². The van der Waals surface area contributed by atoms with Crippen molar-refractivity contribution in [3.8, 4) is 0 Å². The van der Waals surface area contributed by atoms with Gasteiger partial charge in [0.2, 0.25) is 0 Å². The lowest BCUT2D eigenvalue weighted by Gasteiger charge is -2.33. The van der Waals surface area contributed by atoms with Gasteiger partial charge in [0.25, 0.3) is 5.91 Å². The molecule has 1 aromatic heterocycles. The molecule has 2 aromatic rings. The lowest BCUT2D eigenvalue weighted by atomic mass is 9.86. The molecule has 1 saturated heterocycles. The molecule has 0 saturated carbocycles. The van der Waals surface area contributed by atoms with Gasteiger partial charge < -0.3 is 15.2 Å². The minimum absolute atomic E-state index is 0.0458. The van der Waals surface area contributed by atoms with Crippen LogP contribution in [0.1, 0.15) is 28.4 Å². The van der Waals surface area contributed by atoms with Crippen molar-refractivity contribution in [2.45, 2.75) is 18.4 Å². The van der Waals surface area contributed by atoms with Crippen molar-refractivity contribution in [2.75, 3.05) is 13.1 Å². The van der Waals surface area contributed by atoms with E-state index in [9.17, 15) is 13.6 Å². The van der Waals surface area contributed by atoms with Crippen LogP contribution in [0.25, 0.3) is 0 Å². The van der Waals surface area contributed by atoms with E-state index in [-0.39, 0.29) is 17.9 Å². The maximum Gasteiger partial charge on any atom is 0.268 e. The molecule has 3 rings (SSSR count). The molecular weight excluding hydrogens is 300 g/mol. The van der Waals surface area contributed by atoms with Crippen molar-refractivity contribution in [2.24, 2.45) is 7.05 Å². The number of nitrogens with zero attached hydrogens (tertiary/aromatic N) is 1. The second kappa shape index (κ2) is 6.50. The maximum atomic E-state index is 13.5. The van der Waals surface area contributed by atoms with Gasteiger partial charge in [0, 0.05) is 31.7 Å². The lowest BCUT2D eigenvalue weighted by Crippen LogP contribution is -2.50. The molecule has 0 spiro atoms. The van der Waals surface area contributed by atoms with E-state index in [2.05, 4.69) is 10.6 Å². The Morgan fingerprint density at radius 1 is 1.30 bits per heavy atom. The number of aryl methyl sites for hydroxylation is 1. The molecule has 23 heavy (non-hydrogen) atoms. The van der Waals surface area contributed by atoms with E-state index >= 15 is 0 Å². The van der Waals surface area contributed by atoms with Gasteiger partial charge in [0.1, 0.15) is 5.69 Å². The highest BCUT2D eigenvalue weighted by Gasteiger charge is 2.29. The van der Waals surface area contributed by atoms with E-state index in [0.717, 1.165) is 19.0 Å². The summed E-state index contributed by atoms with van der Waals surface area (Å²) in [6.45, 7) is 1.38. The first-order valence-electron chi connectivity index (χ1n) is 7.64. The predicted octanol–water partition coefficient (Wildman–Crippen LogP) is 2.18. The Morgan fingerprint density at radius 2 is 2.13 bits per heavy atom. The number of nitrogens with one attached hydrogen (secondary N) is 2. The Bertz CT molecular complexity index is 714. The van der Waals surface area contributed by atoms with Gasteiger partial charge >= 0.3 is 0 Å². The zero-order valence-corrected chi connectivity index (χ0v) is 12.9. The Labute approximate surface area is 133 Å². The van der Waals surface area contributed by atoms with Crippen LogP contribution in [-0.4, -0.2) is 29.6 Å².